The van der Waals surface area contributed by atoms with E-state index in [9.17, 15) is 0 Å². The van der Waals surface area contributed by atoms with E-state index >= 15 is 0 Å². The van der Waals surface area contributed by atoms with Crippen molar-refractivity contribution in [2.24, 2.45) is 5.92 Å². The molecule has 0 aliphatic carbocycles. The zero-order chi connectivity index (χ0) is 29.7. The molecular weight excluding hydrogens is 539 g/mol. The van der Waals surface area contributed by atoms with E-state index in [-0.39, 0.29) is 0 Å². The lowest BCUT2D eigenvalue weighted by molar-refractivity contribution is 0.647. The van der Waals surface area contributed by atoms with Crippen molar-refractivity contribution >= 4 is 46.0 Å². The maximum Gasteiger partial charge on any atom is 0.0780 e. The lowest BCUT2D eigenvalue weighted by Gasteiger charge is -2.18. The molecule has 4 heteroatoms. The van der Waals surface area contributed by atoms with Gasteiger partial charge in [0.25, 0.3) is 0 Å². The molecule has 4 aromatic carbocycles. The molecule has 0 spiro atoms. The summed E-state index contributed by atoms with van der Waals surface area (Å²) < 4.78 is 2.45. The summed E-state index contributed by atoms with van der Waals surface area (Å²) in [5.74, 6) is 0.549. The van der Waals surface area contributed by atoms with E-state index in [1.165, 1.54) is 49.4 Å². The van der Waals surface area contributed by atoms with Crippen molar-refractivity contribution in [3.05, 3.63) is 121 Å². The van der Waals surface area contributed by atoms with Gasteiger partial charge in [-0.3, -0.25) is 9.97 Å². The van der Waals surface area contributed by atoms with Crippen LogP contribution in [0.5, 0.6) is 0 Å². The fourth-order valence-electron chi connectivity index (χ4n) is 6.35. The molecule has 0 atom stereocenters. The highest BCUT2D eigenvalue weighted by Crippen LogP contribution is 2.37. The number of hydrogen-bond acceptors (Lipinski definition) is 2. The maximum atomic E-state index is 4.88. The predicted octanol–water partition coefficient (Wildman–Crippen LogP) is 9.80. The average molecular weight is 576 g/mol. The number of rotatable bonds is 6. The third-order valence-electron chi connectivity index (χ3n) is 8.42. The molecule has 0 aliphatic heterocycles. The highest BCUT2D eigenvalue weighted by Gasteiger charge is 2.19. The molecular formula is C39H37N3Si. The first-order valence-electron chi connectivity index (χ1n) is 15.2. The van der Waals surface area contributed by atoms with Crippen molar-refractivity contribution in [3.8, 4) is 28.1 Å². The van der Waals surface area contributed by atoms with Crippen LogP contribution in [0.1, 0.15) is 19.4 Å². The number of fused-ring (bicyclic) bond motifs is 4. The quantitative estimate of drug-likeness (QED) is 0.185. The summed E-state index contributed by atoms with van der Waals surface area (Å²) in [5.41, 5.74) is 10.5. The van der Waals surface area contributed by atoms with E-state index in [1.807, 2.05) is 18.5 Å². The molecule has 212 valence electrons. The summed E-state index contributed by atoms with van der Waals surface area (Å²) in [7, 11) is -1.49. The van der Waals surface area contributed by atoms with E-state index in [4.69, 9.17) is 9.97 Å². The van der Waals surface area contributed by atoms with E-state index in [0.29, 0.717) is 5.92 Å². The molecule has 0 bridgehead atoms. The minimum Gasteiger partial charge on any atom is -0.309 e. The van der Waals surface area contributed by atoms with Crippen LogP contribution in [0.4, 0.5) is 0 Å². The normalized spacial score (nSPS) is 12.1. The van der Waals surface area contributed by atoms with Gasteiger partial charge in [0.2, 0.25) is 0 Å². The largest absolute Gasteiger partial charge is 0.309 e. The third-order valence-corrected chi connectivity index (χ3v) is 10.5. The highest BCUT2D eigenvalue weighted by atomic mass is 28.3. The second-order valence-corrected chi connectivity index (χ2v) is 18.2. The van der Waals surface area contributed by atoms with Crippen molar-refractivity contribution < 1.29 is 0 Å². The van der Waals surface area contributed by atoms with Gasteiger partial charge in [-0.2, -0.15) is 0 Å². The molecule has 3 nitrogen and oxygen atoms in total. The summed E-state index contributed by atoms with van der Waals surface area (Å²) in [6.07, 6.45) is 4.88. The number of hydrogen-bond donors (Lipinski definition) is 0. The minimum absolute atomic E-state index is 0.549. The van der Waals surface area contributed by atoms with Crippen LogP contribution in [0.3, 0.4) is 0 Å². The molecule has 0 amide bonds. The molecule has 7 rings (SSSR count). The van der Waals surface area contributed by atoms with Crippen LogP contribution in [0, 0.1) is 5.92 Å². The van der Waals surface area contributed by atoms with Gasteiger partial charge in [-0.1, -0.05) is 93.3 Å². The summed E-state index contributed by atoms with van der Waals surface area (Å²) in [5, 5.41) is 5.09. The lowest BCUT2D eigenvalue weighted by Crippen LogP contribution is -2.37. The molecule has 3 aromatic heterocycles. The zero-order valence-electron chi connectivity index (χ0n) is 25.6. The monoisotopic (exact) mass is 575 g/mol. The first kappa shape index (κ1) is 27.3. The Balaban J connectivity index is 1.49. The van der Waals surface area contributed by atoms with Gasteiger partial charge in [0.1, 0.15) is 0 Å². The molecule has 43 heavy (non-hydrogen) atoms. The first-order chi connectivity index (χ1) is 20.8. The molecule has 0 radical (unpaired) electrons. The third kappa shape index (κ3) is 5.06. The number of para-hydroxylation sites is 2. The Morgan fingerprint density at radius 1 is 0.674 bits per heavy atom. The first-order valence-corrected chi connectivity index (χ1v) is 18.7. The predicted molar refractivity (Wildman–Crippen MR) is 186 cm³/mol. The molecule has 3 heterocycles. The van der Waals surface area contributed by atoms with E-state index in [0.717, 1.165) is 28.6 Å². The maximum absolute atomic E-state index is 4.88. The van der Waals surface area contributed by atoms with Crippen molar-refractivity contribution in [3.63, 3.8) is 0 Å². The van der Waals surface area contributed by atoms with Crippen molar-refractivity contribution in [1.29, 1.82) is 0 Å². The van der Waals surface area contributed by atoms with Crippen LogP contribution in [-0.2, 0) is 6.42 Å². The van der Waals surface area contributed by atoms with E-state index in [1.54, 1.807) is 0 Å². The molecule has 7 aromatic rings. The molecule has 0 saturated carbocycles. The van der Waals surface area contributed by atoms with Gasteiger partial charge in [-0.25, -0.2) is 0 Å². The van der Waals surface area contributed by atoms with Gasteiger partial charge >= 0.3 is 0 Å². The van der Waals surface area contributed by atoms with Crippen molar-refractivity contribution in [1.82, 2.24) is 14.5 Å². The fourth-order valence-corrected chi connectivity index (χ4v) is 7.49. The standard InChI is InChI=1S/C39H37N3Si/c1-26(2)20-27-21-30(36-25-32(17-19-40-36)43(3,4)5)23-31(22-27)42-37-14-7-6-12-34(37)35-16-15-29(24-38(35)42)33-13-8-10-28-11-9-18-41-39(28)33/h6-19,21-26H,20H2,1-5H3. The van der Waals surface area contributed by atoms with Crippen LogP contribution in [0.25, 0.3) is 60.8 Å². The second-order valence-electron chi connectivity index (χ2n) is 13.1. The van der Waals surface area contributed by atoms with Gasteiger partial charge in [0.15, 0.2) is 0 Å². The Kier molecular flexibility index (Phi) is 6.74. The molecule has 0 saturated heterocycles. The van der Waals surface area contributed by atoms with Crippen LogP contribution in [0.15, 0.2) is 116 Å². The fraction of sp³-hybridized carbons (Fsp3) is 0.179. The Bertz CT molecular complexity index is 2130. The summed E-state index contributed by atoms with van der Waals surface area (Å²) >= 11 is 0. The van der Waals surface area contributed by atoms with Gasteiger partial charge in [0.05, 0.1) is 30.3 Å². The van der Waals surface area contributed by atoms with E-state index in [2.05, 4.69) is 135 Å². The number of nitrogens with zero attached hydrogens (tertiary/aromatic N) is 3. The zero-order valence-corrected chi connectivity index (χ0v) is 26.6. The number of pyridine rings is 2. The lowest BCUT2D eigenvalue weighted by atomic mass is 9.98. The van der Waals surface area contributed by atoms with Crippen molar-refractivity contribution in [2.75, 3.05) is 0 Å². The number of aromatic nitrogens is 3. The second kappa shape index (κ2) is 10.6. The van der Waals surface area contributed by atoms with Crippen LogP contribution < -0.4 is 5.19 Å². The summed E-state index contributed by atoms with van der Waals surface area (Å²) in [6.45, 7) is 11.8. The highest BCUT2D eigenvalue weighted by molar-refractivity contribution is 6.88. The summed E-state index contributed by atoms with van der Waals surface area (Å²) in [4.78, 5) is 9.64. The topological polar surface area (TPSA) is 30.7 Å². The molecule has 0 aliphatic rings. The summed E-state index contributed by atoms with van der Waals surface area (Å²) in [6, 6.07) is 37.8. The Morgan fingerprint density at radius 3 is 2.33 bits per heavy atom. The average Bonchev–Trinajstić information content (AvgIpc) is 3.33. The SMILES string of the molecule is CC(C)Cc1cc(-c2cc([Si](C)(C)C)ccn2)cc(-n2c3ccccc3c3ccc(-c4cccc5cccnc45)cc32)c1. The van der Waals surface area contributed by atoms with Gasteiger partial charge < -0.3 is 4.57 Å². The Morgan fingerprint density at radius 2 is 1.49 bits per heavy atom. The Labute approximate surface area is 254 Å². The molecule has 0 unspecified atom stereocenters. The smallest absolute Gasteiger partial charge is 0.0780 e. The van der Waals surface area contributed by atoms with Gasteiger partial charge in [-0.05, 0) is 72.0 Å². The molecule has 0 N–H and O–H groups in total. The molecule has 0 fully saturated rings. The van der Waals surface area contributed by atoms with Crippen LogP contribution in [0.2, 0.25) is 19.6 Å². The van der Waals surface area contributed by atoms with Gasteiger partial charge in [0, 0.05) is 45.4 Å². The van der Waals surface area contributed by atoms with Crippen molar-refractivity contribution in [2.45, 2.75) is 39.9 Å². The van der Waals surface area contributed by atoms with Crippen LogP contribution >= 0.6 is 0 Å². The van der Waals surface area contributed by atoms with Gasteiger partial charge in [-0.15, -0.1) is 0 Å². The Hall–Kier alpha value is -4.54. The minimum atomic E-state index is -1.49. The van der Waals surface area contributed by atoms with E-state index < -0.39 is 8.07 Å². The van der Waals surface area contributed by atoms with Crippen LogP contribution in [-0.4, -0.2) is 22.6 Å². The number of benzene rings is 4.